The van der Waals surface area contributed by atoms with Gasteiger partial charge in [0.1, 0.15) is 5.82 Å². The fourth-order valence-electron chi connectivity index (χ4n) is 2.17. The summed E-state index contributed by atoms with van der Waals surface area (Å²) in [6.45, 7) is 0.848. The van der Waals surface area contributed by atoms with Crippen LogP contribution in [-0.4, -0.2) is 18.5 Å². The number of carbonyl (C=O) groups is 1. The van der Waals surface area contributed by atoms with Gasteiger partial charge in [0.2, 0.25) is 5.91 Å². The zero-order valence-corrected chi connectivity index (χ0v) is 10.3. The monoisotopic (exact) mass is 272 g/mol. The van der Waals surface area contributed by atoms with Crippen molar-refractivity contribution >= 4 is 11.6 Å². The number of hydrogen-bond donors (Lipinski definition) is 2. The molecule has 1 unspecified atom stereocenters. The third kappa shape index (κ3) is 3.70. The molecule has 104 valence electrons. The summed E-state index contributed by atoms with van der Waals surface area (Å²) < 4.78 is 39.3. The van der Waals surface area contributed by atoms with Gasteiger partial charge in [-0.1, -0.05) is 6.42 Å². The van der Waals surface area contributed by atoms with Crippen LogP contribution in [0, 0.1) is 17.5 Å². The topological polar surface area (TPSA) is 41.1 Å². The van der Waals surface area contributed by atoms with Gasteiger partial charge >= 0.3 is 0 Å². The van der Waals surface area contributed by atoms with Crippen molar-refractivity contribution in [2.24, 2.45) is 0 Å². The maximum absolute atomic E-state index is 13.3. The molecule has 1 aliphatic rings. The molecule has 1 aromatic carbocycles. The summed E-state index contributed by atoms with van der Waals surface area (Å²) in [5.41, 5.74) is -0.460. The van der Waals surface area contributed by atoms with E-state index in [1.54, 1.807) is 0 Å². The highest BCUT2D eigenvalue weighted by Gasteiger charge is 2.18. The van der Waals surface area contributed by atoms with E-state index in [4.69, 9.17) is 0 Å². The molecule has 1 atom stereocenters. The Morgan fingerprint density at radius 3 is 2.79 bits per heavy atom. The van der Waals surface area contributed by atoms with Crippen molar-refractivity contribution in [3.8, 4) is 0 Å². The van der Waals surface area contributed by atoms with Crippen molar-refractivity contribution in [1.82, 2.24) is 5.32 Å². The molecule has 1 saturated heterocycles. The Hall–Kier alpha value is -1.56. The van der Waals surface area contributed by atoms with Gasteiger partial charge in [-0.25, -0.2) is 13.2 Å². The Morgan fingerprint density at radius 2 is 2.11 bits per heavy atom. The van der Waals surface area contributed by atoms with E-state index in [9.17, 15) is 18.0 Å². The molecule has 0 saturated carbocycles. The van der Waals surface area contributed by atoms with Crippen LogP contribution in [0.4, 0.5) is 18.9 Å². The zero-order valence-electron chi connectivity index (χ0n) is 10.3. The van der Waals surface area contributed by atoms with Crippen molar-refractivity contribution in [1.29, 1.82) is 0 Å². The van der Waals surface area contributed by atoms with E-state index in [1.807, 2.05) is 0 Å². The Labute approximate surface area is 109 Å². The van der Waals surface area contributed by atoms with Crippen molar-refractivity contribution in [2.45, 2.75) is 31.7 Å². The second-order valence-electron chi connectivity index (χ2n) is 4.65. The minimum absolute atomic E-state index is 0.0372. The Morgan fingerprint density at radius 1 is 1.32 bits per heavy atom. The number of nitrogens with one attached hydrogen (secondary N) is 2. The summed E-state index contributed by atoms with van der Waals surface area (Å²) in [4.78, 5) is 11.7. The number of hydrogen-bond acceptors (Lipinski definition) is 2. The normalized spacial score (nSPS) is 19.2. The lowest BCUT2D eigenvalue weighted by Crippen LogP contribution is -2.37. The molecule has 0 spiro atoms. The van der Waals surface area contributed by atoms with Crippen LogP contribution in [0.5, 0.6) is 0 Å². The van der Waals surface area contributed by atoms with E-state index in [0.717, 1.165) is 31.9 Å². The number of benzene rings is 1. The first-order chi connectivity index (χ1) is 9.06. The molecule has 6 heteroatoms. The third-order valence-electron chi connectivity index (χ3n) is 3.11. The highest BCUT2D eigenvalue weighted by atomic mass is 19.2. The van der Waals surface area contributed by atoms with Gasteiger partial charge in [-0.05, 0) is 19.4 Å². The lowest BCUT2D eigenvalue weighted by atomic mass is 10.0. The second-order valence-corrected chi connectivity index (χ2v) is 4.65. The largest absolute Gasteiger partial charge is 0.323 e. The Balaban J connectivity index is 1.98. The van der Waals surface area contributed by atoms with E-state index < -0.39 is 29.0 Å². The lowest BCUT2D eigenvalue weighted by molar-refractivity contribution is -0.116. The van der Waals surface area contributed by atoms with Gasteiger partial charge in [0.05, 0.1) is 5.69 Å². The number of amides is 1. The summed E-state index contributed by atoms with van der Waals surface area (Å²) in [6, 6.07) is 1.24. The SMILES string of the molecule is O=C(CC1CCCCN1)Nc1cc(F)cc(F)c1F. The first kappa shape index (κ1) is 13.9. The molecule has 19 heavy (non-hydrogen) atoms. The minimum Gasteiger partial charge on any atom is -0.323 e. The average molecular weight is 272 g/mol. The molecule has 1 amide bonds. The van der Waals surface area contributed by atoms with Gasteiger partial charge in [0, 0.05) is 24.6 Å². The first-order valence-electron chi connectivity index (χ1n) is 6.24. The van der Waals surface area contributed by atoms with Crippen LogP contribution in [0.25, 0.3) is 0 Å². The number of halogens is 3. The average Bonchev–Trinajstić information content (AvgIpc) is 2.36. The van der Waals surface area contributed by atoms with Crippen LogP contribution in [0.3, 0.4) is 0 Å². The molecule has 0 aliphatic carbocycles. The molecule has 0 radical (unpaired) electrons. The molecular weight excluding hydrogens is 257 g/mol. The molecule has 1 fully saturated rings. The number of carbonyl (C=O) groups excluding carboxylic acids is 1. The molecule has 2 rings (SSSR count). The van der Waals surface area contributed by atoms with Crippen LogP contribution in [0.1, 0.15) is 25.7 Å². The van der Waals surface area contributed by atoms with E-state index in [1.165, 1.54) is 0 Å². The van der Waals surface area contributed by atoms with Crippen LogP contribution >= 0.6 is 0 Å². The standard InChI is InChI=1S/C13H15F3N2O/c14-8-5-10(15)13(16)11(6-8)18-12(19)7-9-3-1-2-4-17-9/h5-6,9,17H,1-4,7H2,(H,18,19). The molecule has 1 heterocycles. The Bertz CT molecular complexity index is 473. The number of anilines is 1. The minimum atomic E-state index is -1.31. The van der Waals surface area contributed by atoms with Gasteiger partial charge in [-0.15, -0.1) is 0 Å². The van der Waals surface area contributed by atoms with Crippen molar-refractivity contribution < 1.29 is 18.0 Å². The highest BCUT2D eigenvalue weighted by Crippen LogP contribution is 2.20. The highest BCUT2D eigenvalue weighted by molar-refractivity contribution is 5.91. The maximum Gasteiger partial charge on any atom is 0.226 e. The summed E-state index contributed by atoms with van der Waals surface area (Å²) in [7, 11) is 0. The summed E-state index contributed by atoms with van der Waals surface area (Å²) >= 11 is 0. The van der Waals surface area contributed by atoms with E-state index in [-0.39, 0.29) is 12.5 Å². The predicted octanol–water partition coefficient (Wildman–Crippen LogP) is 2.57. The molecule has 0 aromatic heterocycles. The molecular formula is C13H15F3N2O. The summed E-state index contributed by atoms with van der Waals surface area (Å²) in [5.74, 6) is -3.94. The van der Waals surface area contributed by atoms with E-state index >= 15 is 0 Å². The second kappa shape index (κ2) is 6.06. The summed E-state index contributed by atoms with van der Waals surface area (Å²) in [6.07, 6.45) is 3.14. The van der Waals surface area contributed by atoms with Gasteiger partial charge in [0.25, 0.3) is 0 Å². The summed E-state index contributed by atoms with van der Waals surface area (Å²) in [5, 5.41) is 5.38. The van der Waals surface area contributed by atoms with Gasteiger partial charge < -0.3 is 10.6 Å². The maximum atomic E-state index is 13.3. The van der Waals surface area contributed by atoms with Crippen LogP contribution in [-0.2, 0) is 4.79 Å². The fraction of sp³-hybridized carbons (Fsp3) is 0.462. The quantitative estimate of drug-likeness (QED) is 0.830. The van der Waals surface area contributed by atoms with Crippen molar-refractivity contribution in [3.63, 3.8) is 0 Å². The van der Waals surface area contributed by atoms with Gasteiger partial charge in [-0.3, -0.25) is 4.79 Å². The molecule has 0 bridgehead atoms. The first-order valence-corrected chi connectivity index (χ1v) is 6.24. The third-order valence-corrected chi connectivity index (χ3v) is 3.11. The van der Waals surface area contributed by atoms with E-state index in [2.05, 4.69) is 10.6 Å². The van der Waals surface area contributed by atoms with Crippen LogP contribution in [0.2, 0.25) is 0 Å². The van der Waals surface area contributed by atoms with Crippen LogP contribution < -0.4 is 10.6 Å². The molecule has 1 aromatic rings. The zero-order chi connectivity index (χ0) is 13.8. The number of rotatable bonds is 3. The van der Waals surface area contributed by atoms with E-state index in [0.29, 0.717) is 6.07 Å². The molecule has 3 nitrogen and oxygen atoms in total. The van der Waals surface area contributed by atoms with Crippen LogP contribution in [0.15, 0.2) is 12.1 Å². The smallest absolute Gasteiger partial charge is 0.226 e. The lowest BCUT2D eigenvalue weighted by Gasteiger charge is -2.22. The predicted molar refractivity (Wildman–Crippen MR) is 65.2 cm³/mol. The van der Waals surface area contributed by atoms with Crippen molar-refractivity contribution in [3.05, 3.63) is 29.6 Å². The number of piperidine rings is 1. The fourth-order valence-corrected chi connectivity index (χ4v) is 2.17. The van der Waals surface area contributed by atoms with Gasteiger partial charge in [-0.2, -0.15) is 0 Å². The van der Waals surface area contributed by atoms with Crippen molar-refractivity contribution in [2.75, 3.05) is 11.9 Å². The molecule has 2 N–H and O–H groups in total. The Kier molecular flexibility index (Phi) is 4.42. The van der Waals surface area contributed by atoms with Gasteiger partial charge in [0.15, 0.2) is 11.6 Å². The molecule has 1 aliphatic heterocycles.